The molecule has 0 aromatic heterocycles. The number of anilines is 1. The summed E-state index contributed by atoms with van der Waals surface area (Å²) in [7, 11) is -3.83. The lowest BCUT2D eigenvalue weighted by Gasteiger charge is -2.41. The molecule has 2 amide bonds. The molecule has 2 unspecified atom stereocenters. The van der Waals surface area contributed by atoms with Crippen LogP contribution in [0.1, 0.15) is 38.7 Å². The third-order valence-corrected chi connectivity index (χ3v) is 8.36. The van der Waals surface area contributed by atoms with Crippen LogP contribution in [0.5, 0.6) is 0 Å². The molecule has 182 valence electrons. The lowest BCUT2D eigenvalue weighted by atomic mass is 9.95. The molecule has 0 bridgehead atoms. The number of nitrogens with zero attached hydrogens (tertiary/aromatic N) is 1. The minimum Gasteiger partial charge on any atom is -0.350 e. The number of carbonyl (C=O) groups excluding carboxylic acids is 2. The van der Waals surface area contributed by atoms with Gasteiger partial charge in [0.25, 0.3) is 0 Å². The fraction of sp³-hybridized carbons (Fsp3) is 0.360. The first-order valence-electron chi connectivity index (χ1n) is 11.2. The summed E-state index contributed by atoms with van der Waals surface area (Å²) in [5.41, 5.74) is 1.42. The lowest BCUT2D eigenvalue weighted by molar-refractivity contribution is -0.118. The van der Waals surface area contributed by atoms with E-state index in [0.717, 1.165) is 5.56 Å². The molecule has 3 rings (SSSR count). The molecule has 9 heteroatoms. The van der Waals surface area contributed by atoms with E-state index in [2.05, 4.69) is 17.2 Å². The minimum absolute atomic E-state index is 0.0621. The number of benzene rings is 2. The van der Waals surface area contributed by atoms with Gasteiger partial charge in [0.15, 0.2) is 0 Å². The molecule has 0 aliphatic carbocycles. The first-order chi connectivity index (χ1) is 16.1. The number of hydrogen-bond acceptors (Lipinski definition) is 4. The number of hydrogen-bond donors (Lipinski definition) is 2. The van der Waals surface area contributed by atoms with Crippen molar-refractivity contribution in [3.8, 4) is 0 Å². The Hall–Kier alpha value is -2.68. The monoisotopic (exact) mass is 503 g/mol. The lowest BCUT2D eigenvalue weighted by Crippen LogP contribution is -2.54. The molecule has 7 nitrogen and oxygen atoms in total. The Labute approximate surface area is 206 Å². The van der Waals surface area contributed by atoms with E-state index < -0.39 is 10.0 Å². The van der Waals surface area contributed by atoms with Crippen LogP contribution in [0.2, 0.25) is 5.02 Å². The Morgan fingerprint density at radius 3 is 2.35 bits per heavy atom. The molecule has 1 aliphatic rings. The number of rotatable bonds is 8. The van der Waals surface area contributed by atoms with Crippen LogP contribution in [0.25, 0.3) is 0 Å². The number of amides is 2. The highest BCUT2D eigenvalue weighted by molar-refractivity contribution is 7.89. The van der Waals surface area contributed by atoms with Gasteiger partial charge in [0, 0.05) is 24.5 Å². The fourth-order valence-corrected chi connectivity index (χ4v) is 6.57. The largest absolute Gasteiger partial charge is 0.350 e. The topological polar surface area (TPSA) is 95.6 Å². The maximum atomic E-state index is 13.4. The van der Waals surface area contributed by atoms with Crippen LogP contribution in [-0.4, -0.2) is 42.7 Å². The third kappa shape index (κ3) is 6.25. The zero-order valence-electron chi connectivity index (χ0n) is 19.3. The van der Waals surface area contributed by atoms with Crippen LogP contribution >= 0.6 is 11.6 Å². The molecule has 0 saturated carbocycles. The predicted octanol–water partition coefficient (Wildman–Crippen LogP) is 4.14. The maximum absolute atomic E-state index is 13.4. The molecule has 0 spiro atoms. The summed E-state index contributed by atoms with van der Waals surface area (Å²) in [5.74, 6) is -0.471. The van der Waals surface area contributed by atoms with Crippen molar-refractivity contribution in [2.45, 2.75) is 62.6 Å². The van der Waals surface area contributed by atoms with Gasteiger partial charge in [-0.3, -0.25) is 9.59 Å². The molecule has 0 radical (unpaired) electrons. The molecule has 1 heterocycles. The summed E-state index contributed by atoms with van der Waals surface area (Å²) in [6.07, 6.45) is 3.07. The van der Waals surface area contributed by atoms with Gasteiger partial charge >= 0.3 is 0 Å². The number of piperidine rings is 1. The number of carbonyl (C=O) groups is 2. The van der Waals surface area contributed by atoms with E-state index in [0.29, 0.717) is 24.9 Å². The molecule has 1 aliphatic heterocycles. The zero-order chi connectivity index (χ0) is 24.9. The van der Waals surface area contributed by atoms with Gasteiger partial charge in [0.2, 0.25) is 21.8 Å². The van der Waals surface area contributed by atoms with E-state index in [-0.39, 0.29) is 46.3 Å². The van der Waals surface area contributed by atoms with Crippen molar-refractivity contribution in [3.63, 3.8) is 0 Å². The van der Waals surface area contributed by atoms with Crippen molar-refractivity contribution in [1.29, 1.82) is 0 Å². The van der Waals surface area contributed by atoms with E-state index in [9.17, 15) is 18.0 Å². The van der Waals surface area contributed by atoms with Gasteiger partial charge in [0.1, 0.15) is 0 Å². The van der Waals surface area contributed by atoms with Crippen molar-refractivity contribution < 1.29 is 18.0 Å². The second kappa shape index (κ2) is 11.2. The van der Waals surface area contributed by atoms with Crippen LogP contribution in [0.4, 0.5) is 5.69 Å². The standard InChI is InChI=1S/C25H30ClN3O4S/c1-4-24(30)27-20-14-17(2)29(18(3)15-20)34(32,33)21-11-12-23(22(26)16-21)28-25(31)13-10-19-8-6-5-7-9-19/h4-9,11-12,16-18,20H,1,10,13-15H2,2-3H3,(H,27,30)(H,28,31). The number of nitrogens with one attached hydrogen (secondary N) is 2. The van der Waals surface area contributed by atoms with Crippen LogP contribution in [0.15, 0.2) is 66.1 Å². The molecule has 2 atom stereocenters. The predicted molar refractivity (Wildman–Crippen MR) is 134 cm³/mol. The van der Waals surface area contributed by atoms with Gasteiger partial charge < -0.3 is 10.6 Å². The van der Waals surface area contributed by atoms with E-state index in [4.69, 9.17) is 11.6 Å². The maximum Gasteiger partial charge on any atom is 0.243 e. The van der Waals surface area contributed by atoms with Gasteiger partial charge in [0.05, 0.1) is 15.6 Å². The Balaban J connectivity index is 1.68. The fourth-order valence-electron chi connectivity index (χ4n) is 4.41. The smallest absolute Gasteiger partial charge is 0.243 e. The summed E-state index contributed by atoms with van der Waals surface area (Å²) in [4.78, 5) is 24.1. The highest BCUT2D eigenvalue weighted by atomic mass is 35.5. The summed E-state index contributed by atoms with van der Waals surface area (Å²) >= 11 is 6.35. The van der Waals surface area contributed by atoms with Crippen LogP contribution in [-0.2, 0) is 26.0 Å². The highest BCUT2D eigenvalue weighted by Gasteiger charge is 2.39. The van der Waals surface area contributed by atoms with E-state index in [1.165, 1.54) is 28.6 Å². The van der Waals surface area contributed by atoms with Gasteiger partial charge in [-0.15, -0.1) is 0 Å². The number of aryl methyl sites for hydroxylation is 1. The zero-order valence-corrected chi connectivity index (χ0v) is 20.9. The van der Waals surface area contributed by atoms with E-state index in [1.807, 2.05) is 44.2 Å². The van der Waals surface area contributed by atoms with Crippen LogP contribution < -0.4 is 10.6 Å². The second-order valence-electron chi connectivity index (χ2n) is 8.59. The Bertz CT molecular complexity index is 1140. The van der Waals surface area contributed by atoms with Gasteiger partial charge in [-0.1, -0.05) is 48.5 Å². The van der Waals surface area contributed by atoms with Gasteiger partial charge in [-0.2, -0.15) is 4.31 Å². The third-order valence-electron chi connectivity index (χ3n) is 5.93. The average molecular weight is 504 g/mol. The van der Waals surface area contributed by atoms with Crippen molar-refractivity contribution in [3.05, 3.63) is 71.8 Å². The Morgan fingerprint density at radius 2 is 1.76 bits per heavy atom. The molecule has 1 fully saturated rings. The van der Waals surface area contributed by atoms with Gasteiger partial charge in [-0.05, 0) is 62.9 Å². The minimum atomic E-state index is -3.83. The summed E-state index contributed by atoms with van der Waals surface area (Å²) < 4.78 is 28.3. The summed E-state index contributed by atoms with van der Waals surface area (Å²) in [6.45, 7) is 7.10. The average Bonchev–Trinajstić information content (AvgIpc) is 2.79. The van der Waals surface area contributed by atoms with Crippen molar-refractivity contribution in [2.75, 3.05) is 5.32 Å². The van der Waals surface area contributed by atoms with Crippen molar-refractivity contribution in [2.24, 2.45) is 0 Å². The molecule has 1 saturated heterocycles. The molecule has 34 heavy (non-hydrogen) atoms. The van der Waals surface area contributed by atoms with Crippen molar-refractivity contribution >= 4 is 39.1 Å². The first-order valence-corrected chi connectivity index (χ1v) is 13.0. The van der Waals surface area contributed by atoms with E-state index in [1.54, 1.807) is 0 Å². The molecular weight excluding hydrogens is 474 g/mol. The summed E-state index contributed by atoms with van der Waals surface area (Å²) in [5, 5.41) is 5.77. The SMILES string of the molecule is C=CC(=O)NC1CC(C)N(S(=O)(=O)c2ccc(NC(=O)CCc3ccccc3)c(Cl)c2)C(C)C1. The van der Waals surface area contributed by atoms with Crippen LogP contribution in [0.3, 0.4) is 0 Å². The first kappa shape index (κ1) is 25.9. The highest BCUT2D eigenvalue weighted by Crippen LogP contribution is 2.32. The second-order valence-corrected chi connectivity index (χ2v) is 10.8. The molecule has 2 aromatic rings. The van der Waals surface area contributed by atoms with Crippen LogP contribution in [0, 0.1) is 0 Å². The Kier molecular flexibility index (Phi) is 8.52. The number of halogens is 1. The quantitative estimate of drug-likeness (QED) is 0.529. The van der Waals surface area contributed by atoms with Gasteiger partial charge in [-0.25, -0.2) is 8.42 Å². The molecule has 2 aromatic carbocycles. The van der Waals surface area contributed by atoms with Crippen molar-refractivity contribution in [1.82, 2.24) is 9.62 Å². The Morgan fingerprint density at radius 1 is 1.12 bits per heavy atom. The molecular formula is C25H30ClN3O4S. The normalized spacial score (nSPS) is 21.0. The summed E-state index contributed by atoms with van der Waals surface area (Å²) in [6, 6.07) is 13.3. The molecule has 2 N–H and O–H groups in total. The number of sulfonamides is 1. The van der Waals surface area contributed by atoms with E-state index >= 15 is 0 Å².